The number of hydrogen-bond acceptors (Lipinski definition) is 0. The highest BCUT2D eigenvalue weighted by molar-refractivity contribution is 4.48. The molecule has 1 nitrogen and oxygen atoms in total. The van der Waals surface area contributed by atoms with E-state index in [1.165, 1.54) is 107 Å². The molecular formula is C20H44BrN. The molecule has 2 heteroatoms. The zero-order chi connectivity index (χ0) is 15.8. The lowest BCUT2D eigenvalue weighted by Gasteiger charge is -2.30. The fourth-order valence-corrected chi connectivity index (χ4v) is 3.11. The average molecular weight is 378 g/mol. The zero-order valence-corrected chi connectivity index (χ0v) is 17.7. The van der Waals surface area contributed by atoms with E-state index in [-0.39, 0.29) is 17.0 Å². The lowest BCUT2D eigenvalue weighted by atomic mass is 10.1. The van der Waals surface area contributed by atoms with E-state index in [2.05, 4.69) is 27.9 Å². The van der Waals surface area contributed by atoms with E-state index in [0.717, 1.165) is 0 Å². The summed E-state index contributed by atoms with van der Waals surface area (Å²) in [6.07, 6.45) is 20.1. The van der Waals surface area contributed by atoms with Gasteiger partial charge in [0.2, 0.25) is 0 Å². The normalized spacial score (nSPS) is 11.5. The molecule has 0 aliphatic heterocycles. The van der Waals surface area contributed by atoms with Crippen LogP contribution < -0.4 is 17.0 Å². The molecule has 0 aromatic rings. The minimum absolute atomic E-state index is 0. The van der Waals surface area contributed by atoms with Crippen LogP contribution in [-0.2, 0) is 0 Å². The Labute approximate surface area is 152 Å². The highest BCUT2D eigenvalue weighted by Gasteiger charge is 2.13. The van der Waals surface area contributed by atoms with Gasteiger partial charge in [-0.15, -0.1) is 0 Å². The maximum absolute atomic E-state index is 2.42. The maximum Gasteiger partial charge on any atom is 0.0782 e. The van der Waals surface area contributed by atoms with Crippen molar-refractivity contribution in [3.63, 3.8) is 0 Å². The molecule has 0 amide bonds. The minimum atomic E-state index is 0. The van der Waals surface area contributed by atoms with Gasteiger partial charge in [-0.2, -0.15) is 0 Å². The monoisotopic (exact) mass is 377 g/mol. The predicted octanol–water partition coefficient (Wildman–Crippen LogP) is 3.57. The second kappa shape index (κ2) is 17.8. The number of halogens is 1. The van der Waals surface area contributed by atoms with Gasteiger partial charge in [0.05, 0.1) is 27.2 Å². The molecule has 0 rings (SSSR count). The van der Waals surface area contributed by atoms with E-state index in [0.29, 0.717) is 0 Å². The summed E-state index contributed by atoms with van der Waals surface area (Å²) < 4.78 is 1.24. The molecule has 0 atom stereocenters. The van der Waals surface area contributed by atoms with Gasteiger partial charge in [0.1, 0.15) is 0 Å². The summed E-state index contributed by atoms with van der Waals surface area (Å²) in [5.74, 6) is 0. The van der Waals surface area contributed by atoms with E-state index >= 15 is 0 Å². The van der Waals surface area contributed by atoms with E-state index in [4.69, 9.17) is 0 Å². The topological polar surface area (TPSA) is 0 Å². The number of nitrogens with zero attached hydrogens (tertiary/aromatic N) is 1. The fraction of sp³-hybridized carbons (Fsp3) is 1.00. The third-order valence-electron chi connectivity index (χ3n) is 4.73. The zero-order valence-electron chi connectivity index (χ0n) is 16.1. The molecule has 0 aliphatic carbocycles. The van der Waals surface area contributed by atoms with Gasteiger partial charge in [-0.3, -0.25) is 0 Å². The summed E-state index contributed by atoms with van der Waals surface area (Å²) in [6.45, 7) is 7.34. The Bertz CT molecular complexity index is 204. The first-order valence-electron chi connectivity index (χ1n) is 9.94. The Balaban J connectivity index is 0. The first-order chi connectivity index (χ1) is 10.1. The van der Waals surface area contributed by atoms with Crippen LogP contribution in [0, 0.1) is 0 Å². The highest BCUT2D eigenvalue weighted by Crippen LogP contribution is 2.12. The summed E-state index contributed by atoms with van der Waals surface area (Å²) in [5, 5.41) is 0. The Morgan fingerprint density at radius 1 is 0.455 bits per heavy atom. The van der Waals surface area contributed by atoms with Crippen molar-refractivity contribution in [2.24, 2.45) is 0 Å². The molecule has 0 saturated heterocycles. The molecule has 136 valence electrons. The molecule has 0 bridgehead atoms. The van der Waals surface area contributed by atoms with Crippen LogP contribution in [0.5, 0.6) is 0 Å². The first-order valence-corrected chi connectivity index (χ1v) is 9.94. The van der Waals surface area contributed by atoms with E-state index in [1.54, 1.807) is 0 Å². The van der Waals surface area contributed by atoms with Gasteiger partial charge < -0.3 is 21.5 Å². The lowest BCUT2D eigenvalue weighted by Crippen LogP contribution is -3.00. The Morgan fingerprint density at radius 2 is 0.727 bits per heavy atom. The van der Waals surface area contributed by atoms with Gasteiger partial charge in [-0.05, 0) is 25.7 Å². The molecule has 0 unspecified atom stereocenters. The third-order valence-corrected chi connectivity index (χ3v) is 4.73. The van der Waals surface area contributed by atoms with E-state index in [1.807, 2.05) is 0 Å². The summed E-state index contributed by atoms with van der Waals surface area (Å²) in [6, 6.07) is 0. The molecule has 0 fully saturated rings. The van der Waals surface area contributed by atoms with Crippen LogP contribution in [0.1, 0.15) is 104 Å². The van der Waals surface area contributed by atoms with Gasteiger partial charge in [0.15, 0.2) is 0 Å². The molecule has 0 aromatic heterocycles. The Kier molecular flexibility index (Phi) is 20.0. The third kappa shape index (κ3) is 18.5. The molecule has 0 heterocycles. The molecule has 0 spiro atoms. The second-order valence-corrected chi connectivity index (χ2v) is 7.63. The van der Waals surface area contributed by atoms with Crippen molar-refractivity contribution < 1.29 is 21.5 Å². The lowest BCUT2D eigenvalue weighted by molar-refractivity contribution is -0.890. The number of rotatable bonds is 16. The van der Waals surface area contributed by atoms with Crippen molar-refractivity contribution in [2.45, 2.75) is 104 Å². The largest absolute Gasteiger partial charge is 1.00 e. The molecule has 0 saturated carbocycles. The van der Waals surface area contributed by atoms with Gasteiger partial charge in [0, 0.05) is 0 Å². The van der Waals surface area contributed by atoms with Crippen LogP contribution >= 0.6 is 0 Å². The quantitative estimate of drug-likeness (QED) is 0.285. The summed E-state index contributed by atoms with van der Waals surface area (Å²) in [5.41, 5.74) is 0. The van der Waals surface area contributed by atoms with Crippen LogP contribution in [0.3, 0.4) is 0 Å². The van der Waals surface area contributed by atoms with Crippen LogP contribution in [0.25, 0.3) is 0 Å². The van der Waals surface area contributed by atoms with Crippen LogP contribution in [0.15, 0.2) is 0 Å². The van der Waals surface area contributed by atoms with Crippen molar-refractivity contribution in [3.8, 4) is 0 Å². The molecule has 0 radical (unpaired) electrons. The second-order valence-electron chi connectivity index (χ2n) is 7.63. The van der Waals surface area contributed by atoms with Crippen molar-refractivity contribution in [1.29, 1.82) is 0 Å². The molecule has 22 heavy (non-hydrogen) atoms. The number of unbranched alkanes of at least 4 members (excludes halogenated alkanes) is 12. The summed E-state index contributed by atoms with van der Waals surface area (Å²) in [7, 11) is 4.83. The van der Waals surface area contributed by atoms with Crippen LogP contribution in [0.4, 0.5) is 0 Å². The maximum atomic E-state index is 2.42. The van der Waals surface area contributed by atoms with Gasteiger partial charge >= 0.3 is 0 Å². The minimum Gasteiger partial charge on any atom is -1.00 e. The molecule has 0 N–H and O–H groups in total. The Hall–Kier alpha value is 0.440. The van der Waals surface area contributed by atoms with E-state index < -0.39 is 0 Å². The molecule has 0 aromatic carbocycles. The smallest absolute Gasteiger partial charge is 0.0782 e. The van der Waals surface area contributed by atoms with Gasteiger partial charge in [-0.1, -0.05) is 78.1 Å². The van der Waals surface area contributed by atoms with Gasteiger partial charge in [0.25, 0.3) is 0 Å². The average Bonchev–Trinajstić information content (AvgIpc) is 2.45. The predicted molar refractivity (Wildman–Crippen MR) is 97.8 cm³/mol. The first kappa shape index (κ1) is 24.7. The molecule has 0 aliphatic rings. The van der Waals surface area contributed by atoms with Crippen LogP contribution in [0.2, 0.25) is 0 Å². The van der Waals surface area contributed by atoms with Crippen molar-refractivity contribution in [3.05, 3.63) is 0 Å². The highest BCUT2D eigenvalue weighted by atomic mass is 79.9. The standard InChI is InChI=1S/C20H44N.BrH/c1-5-7-9-11-12-13-14-15-16-18-20-21(3,4)19-17-10-8-6-2;/h5-20H2,1-4H3;1H/q+1;/p-1. The van der Waals surface area contributed by atoms with E-state index in [9.17, 15) is 0 Å². The van der Waals surface area contributed by atoms with Gasteiger partial charge in [-0.25, -0.2) is 0 Å². The SMILES string of the molecule is CCCCCCCCCCCC[N+](C)(C)CCCCCC.[Br-]. The molecular weight excluding hydrogens is 334 g/mol. The van der Waals surface area contributed by atoms with Crippen molar-refractivity contribution in [1.82, 2.24) is 0 Å². The number of hydrogen-bond donors (Lipinski definition) is 0. The van der Waals surface area contributed by atoms with Crippen LogP contribution in [-0.4, -0.2) is 31.7 Å². The fourth-order valence-electron chi connectivity index (χ4n) is 3.11. The summed E-state index contributed by atoms with van der Waals surface area (Å²) in [4.78, 5) is 0. The summed E-state index contributed by atoms with van der Waals surface area (Å²) >= 11 is 0. The Morgan fingerprint density at radius 3 is 1.09 bits per heavy atom. The number of quaternary nitrogens is 1. The van der Waals surface area contributed by atoms with Crippen molar-refractivity contribution in [2.75, 3.05) is 27.2 Å². The van der Waals surface area contributed by atoms with Crippen molar-refractivity contribution >= 4 is 0 Å².